The average molecular weight is 730 g/mol. The SMILES string of the molecule is CC1(C)c2ccccc2-c2ccc(N(c3ccc(-c4ccccc4)cc3)c3ccccc3-c3ccc4oc5ccccc5c4c3-c3cccc4ccccc34)cc21. The van der Waals surface area contributed by atoms with Crippen molar-refractivity contribution in [3.8, 4) is 44.5 Å². The van der Waals surface area contributed by atoms with Crippen LogP contribution in [0.2, 0.25) is 0 Å². The van der Waals surface area contributed by atoms with Crippen molar-refractivity contribution in [1.29, 1.82) is 0 Å². The minimum absolute atomic E-state index is 0.140. The molecule has 0 fully saturated rings. The first-order valence-electron chi connectivity index (χ1n) is 19.8. The van der Waals surface area contributed by atoms with Crippen molar-refractivity contribution in [2.24, 2.45) is 0 Å². The van der Waals surface area contributed by atoms with Gasteiger partial charge in [-0.1, -0.05) is 166 Å². The molecule has 0 aliphatic heterocycles. The van der Waals surface area contributed by atoms with E-state index in [1.807, 2.05) is 0 Å². The van der Waals surface area contributed by atoms with Gasteiger partial charge in [0.2, 0.25) is 0 Å². The lowest BCUT2D eigenvalue weighted by atomic mass is 9.82. The minimum Gasteiger partial charge on any atom is -0.456 e. The van der Waals surface area contributed by atoms with Gasteiger partial charge in [-0.05, 0) is 104 Å². The molecule has 10 aromatic rings. The quantitative estimate of drug-likeness (QED) is 0.169. The van der Waals surface area contributed by atoms with Crippen LogP contribution in [0.1, 0.15) is 25.0 Å². The zero-order valence-electron chi connectivity index (χ0n) is 31.9. The van der Waals surface area contributed by atoms with Gasteiger partial charge in [0.1, 0.15) is 11.2 Å². The van der Waals surface area contributed by atoms with Crippen molar-refractivity contribution < 1.29 is 4.42 Å². The normalized spacial score (nSPS) is 12.9. The van der Waals surface area contributed by atoms with E-state index in [-0.39, 0.29) is 5.41 Å². The lowest BCUT2D eigenvalue weighted by Crippen LogP contribution is -2.17. The van der Waals surface area contributed by atoms with Gasteiger partial charge >= 0.3 is 0 Å². The topological polar surface area (TPSA) is 16.4 Å². The Hall–Kier alpha value is -7.16. The van der Waals surface area contributed by atoms with Crippen LogP contribution >= 0.6 is 0 Å². The molecule has 0 N–H and O–H groups in total. The number of rotatable bonds is 6. The molecule has 1 heterocycles. The van der Waals surface area contributed by atoms with E-state index in [0.717, 1.165) is 50.1 Å². The number of benzene rings is 9. The molecule has 9 aromatic carbocycles. The van der Waals surface area contributed by atoms with E-state index in [0.29, 0.717) is 0 Å². The van der Waals surface area contributed by atoms with Gasteiger partial charge in [-0.2, -0.15) is 0 Å². The van der Waals surface area contributed by atoms with E-state index >= 15 is 0 Å². The number of hydrogen-bond donors (Lipinski definition) is 0. The molecule has 0 amide bonds. The van der Waals surface area contributed by atoms with Gasteiger partial charge in [-0.25, -0.2) is 0 Å². The van der Waals surface area contributed by atoms with Gasteiger partial charge in [0.05, 0.1) is 5.69 Å². The van der Waals surface area contributed by atoms with E-state index in [1.165, 1.54) is 55.3 Å². The van der Waals surface area contributed by atoms with Crippen molar-refractivity contribution in [3.63, 3.8) is 0 Å². The Morgan fingerprint density at radius 3 is 1.88 bits per heavy atom. The number of furan rings is 1. The predicted octanol–water partition coefficient (Wildman–Crippen LogP) is 15.5. The highest BCUT2D eigenvalue weighted by atomic mass is 16.3. The Morgan fingerprint density at radius 1 is 0.404 bits per heavy atom. The van der Waals surface area contributed by atoms with Gasteiger partial charge in [0.25, 0.3) is 0 Å². The Bertz CT molecular complexity index is 3150. The molecular weight excluding hydrogens is 691 g/mol. The maximum absolute atomic E-state index is 6.56. The van der Waals surface area contributed by atoms with Crippen LogP contribution in [0.5, 0.6) is 0 Å². The molecule has 1 aromatic heterocycles. The fourth-order valence-electron chi connectivity index (χ4n) is 9.35. The van der Waals surface area contributed by atoms with Crippen molar-refractivity contribution in [1.82, 2.24) is 0 Å². The summed E-state index contributed by atoms with van der Waals surface area (Å²) in [4.78, 5) is 2.45. The molecule has 2 heteroatoms. The Balaban J connectivity index is 1.18. The van der Waals surface area contributed by atoms with Gasteiger partial charge in [-0.15, -0.1) is 0 Å². The summed E-state index contributed by atoms with van der Waals surface area (Å²) in [6.45, 7) is 4.71. The van der Waals surface area contributed by atoms with Crippen LogP contribution in [-0.4, -0.2) is 0 Å². The highest BCUT2D eigenvalue weighted by molar-refractivity contribution is 6.19. The van der Waals surface area contributed by atoms with Crippen LogP contribution in [0, 0.1) is 0 Å². The fraction of sp³-hybridized carbons (Fsp3) is 0.0545. The van der Waals surface area contributed by atoms with Crippen LogP contribution in [0.25, 0.3) is 77.2 Å². The molecule has 0 saturated carbocycles. The molecule has 57 heavy (non-hydrogen) atoms. The van der Waals surface area contributed by atoms with Crippen LogP contribution in [0.3, 0.4) is 0 Å². The summed E-state index contributed by atoms with van der Waals surface area (Å²) in [7, 11) is 0. The van der Waals surface area contributed by atoms with Crippen molar-refractivity contribution in [2.45, 2.75) is 19.3 Å². The van der Waals surface area contributed by atoms with Gasteiger partial charge < -0.3 is 9.32 Å². The number of hydrogen-bond acceptors (Lipinski definition) is 2. The minimum atomic E-state index is -0.140. The molecule has 0 bridgehead atoms. The molecular formula is C55H39NO. The van der Waals surface area contributed by atoms with Crippen LogP contribution in [0.15, 0.2) is 205 Å². The van der Waals surface area contributed by atoms with Crippen LogP contribution in [0.4, 0.5) is 17.1 Å². The monoisotopic (exact) mass is 729 g/mol. The molecule has 0 radical (unpaired) electrons. The summed E-state index contributed by atoms with van der Waals surface area (Å²) >= 11 is 0. The average Bonchev–Trinajstić information content (AvgIpc) is 3.76. The van der Waals surface area contributed by atoms with E-state index < -0.39 is 0 Å². The first kappa shape index (κ1) is 33.2. The van der Waals surface area contributed by atoms with Crippen molar-refractivity contribution in [2.75, 3.05) is 4.90 Å². The standard InChI is InChI=1S/C55H39NO/c1-55(2)48-24-11-8-20-42(48)43-32-31-40(35-49(43)55)56(39-29-27-37(28-30-39)36-15-4-3-5-16-36)50-25-12-9-21-44(50)46-33-34-52-54(47-22-10-13-26-51(47)57-52)53(46)45-23-14-18-38-17-6-7-19-41(38)45/h3-35H,1-2H3. The molecule has 0 saturated heterocycles. The first-order valence-corrected chi connectivity index (χ1v) is 19.8. The summed E-state index contributed by atoms with van der Waals surface area (Å²) in [6, 6.07) is 72.7. The van der Waals surface area contributed by atoms with Gasteiger partial charge in [-0.3, -0.25) is 0 Å². The first-order chi connectivity index (χ1) is 28.0. The third-order valence-corrected chi connectivity index (χ3v) is 12.1. The number of nitrogens with zero attached hydrogens (tertiary/aromatic N) is 1. The Kier molecular flexibility index (Phi) is 7.55. The Morgan fingerprint density at radius 2 is 1.02 bits per heavy atom. The highest BCUT2D eigenvalue weighted by Gasteiger charge is 2.36. The molecule has 1 aliphatic carbocycles. The van der Waals surface area contributed by atoms with Gasteiger partial charge in [0.15, 0.2) is 0 Å². The predicted molar refractivity (Wildman–Crippen MR) is 240 cm³/mol. The van der Waals surface area contributed by atoms with E-state index in [4.69, 9.17) is 4.42 Å². The lowest BCUT2D eigenvalue weighted by Gasteiger charge is -2.30. The van der Waals surface area contributed by atoms with Crippen LogP contribution in [-0.2, 0) is 5.41 Å². The number of para-hydroxylation sites is 2. The molecule has 0 unspecified atom stereocenters. The zero-order valence-corrected chi connectivity index (χ0v) is 31.9. The summed E-state index contributed by atoms with van der Waals surface area (Å²) in [5, 5.41) is 4.67. The van der Waals surface area contributed by atoms with E-state index in [9.17, 15) is 0 Å². The molecule has 1 aliphatic rings. The second-order valence-electron chi connectivity index (χ2n) is 15.7. The molecule has 2 nitrogen and oxygen atoms in total. The Labute approximate surface area is 332 Å². The zero-order chi connectivity index (χ0) is 38.1. The smallest absolute Gasteiger partial charge is 0.136 e. The van der Waals surface area contributed by atoms with E-state index in [2.05, 4.69) is 219 Å². The largest absolute Gasteiger partial charge is 0.456 e. The number of fused-ring (bicyclic) bond motifs is 7. The summed E-state index contributed by atoms with van der Waals surface area (Å²) in [5.41, 5.74) is 17.3. The second kappa shape index (κ2) is 13.0. The highest BCUT2D eigenvalue weighted by Crippen LogP contribution is 2.52. The number of anilines is 3. The fourth-order valence-corrected chi connectivity index (χ4v) is 9.35. The second-order valence-corrected chi connectivity index (χ2v) is 15.7. The summed E-state index contributed by atoms with van der Waals surface area (Å²) < 4.78 is 6.56. The summed E-state index contributed by atoms with van der Waals surface area (Å²) in [6.07, 6.45) is 0. The lowest BCUT2D eigenvalue weighted by molar-refractivity contribution is 0.660. The van der Waals surface area contributed by atoms with Crippen molar-refractivity contribution in [3.05, 3.63) is 211 Å². The molecule has 270 valence electrons. The third-order valence-electron chi connectivity index (χ3n) is 12.1. The third kappa shape index (κ3) is 5.25. The molecule has 11 rings (SSSR count). The van der Waals surface area contributed by atoms with Crippen LogP contribution < -0.4 is 4.90 Å². The van der Waals surface area contributed by atoms with Crippen molar-refractivity contribution >= 4 is 49.8 Å². The maximum Gasteiger partial charge on any atom is 0.136 e. The molecule has 0 atom stereocenters. The summed E-state index contributed by atoms with van der Waals surface area (Å²) in [5.74, 6) is 0. The molecule has 0 spiro atoms. The van der Waals surface area contributed by atoms with E-state index in [1.54, 1.807) is 0 Å². The van der Waals surface area contributed by atoms with Gasteiger partial charge in [0, 0.05) is 38.7 Å². The maximum atomic E-state index is 6.56.